The van der Waals surface area contributed by atoms with Crippen LogP contribution in [0, 0.1) is 6.92 Å². The molecule has 36 heavy (non-hydrogen) atoms. The average molecular weight is 505 g/mol. The van der Waals surface area contributed by atoms with Crippen LogP contribution in [0.3, 0.4) is 0 Å². The molecule has 1 saturated carbocycles. The van der Waals surface area contributed by atoms with Crippen LogP contribution in [0.4, 0.5) is 0 Å². The lowest BCUT2D eigenvalue weighted by Gasteiger charge is -2.32. The molecule has 1 atom stereocenters. The van der Waals surface area contributed by atoms with Crippen molar-refractivity contribution in [2.75, 3.05) is 6.61 Å². The number of carbonyl (C=O) groups is 2. The summed E-state index contributed by atoms with van der Waals surface area (Å²) in [7, 11) is 0. The quantitative estimate of drug-likeness (QED) is 0.384. The number of hydrogen-bond donors (Lipinski definition) is 1. The highest BCUT2D eigenvalue weighted by molar-refractivity contribution is 6.30. The van der Waals surface area contributed by atoms with Gasteiger partial charge < -0.3 is 15.0 Å². The third-order valence-electron chi connectivity index (χ3n) is 6.57. The predicted molar refractivity (Wildman–Crippen MR) is 143 cm³/mol. The number of halogens is 1. The van der Waals surface area contributed by atoms with Gasteiger partial charge >= 0.3 is 0 Å². The number of ether oxygens (including phenoxy) is 1. The van der Waals surface area contributed by atoms with E-state index in [1.54, 1.807) is 29.2 Å². The zero-order valence-corrected chi connectivity index (χ0v) is 21.4. The number of benzene rings is 3. The fourth-order valence-electron chi connectivity index (χ4n) is 4.71. The number of carbonyl (C=O) groups excluding carboxylic acids is 2. The minimum Gasteiger partial charge on any atom is -0.484 e. The summed E-state index contributed by atoms with van der Waals surface area (Å²) < 4.78 is 5.80. The summed E-state index contributed by atoms with van der Waals surface area (Å²) in [4.78, 5) is 29.0. The third-order valence-corrected chi connectivity index (χ3v) is 6.80. The summed E-state index contributed by atoms with van der Waals surface area (Å²) in [6, 6.07) is 24.3. The first-order valence-electron chi connectivity index (χ1n) is 12.6. The summed E-state index contributed by atoms with van der Waals surface area (Å²) in [6.45, 7) is 2.15. The van der Waals surface area contributed by atoms with Crippen molar-refractivity contribution in [2.45, 2.75) is 57.7 Å². The minimum absolute atomic E-state index is 0.116. The fourth-order valence-corrected chi connectivity index (χ4v) is 4.89. The van der Waals surface area contributed by atoms with Crippen molar-refractivity contribution in [3.63, 3.8) is 0 Å². The maximum absolute atomic E-state index is 13.7. The van der Waals surface area contributed by atoms with Gasteiger partial charge in [0.25, 0.3) is 5.91 Å². The van der Waals surface area contributed by atoms with Crippen LogP contribution in [-0.2, 0) is 22.6 Å². The first-order valence-corrected chi connectivity index (χ1v) is 12.9. The van der Waals surface area contributed by atoms with E-state index in [0.29, 0.717) is 23.7 Å². The van der Waals surface area contributed by atoms with Crippen LogP contribution in [0.15, 0.2) is 78.9 Å². The van der Waals surface area contributed by atoms with Crippen molar-refractivity contribution in [1.82, 2.24) is 10.2 Å². The molecule has 1 aliphatic rings. The molecular formula is C30H33ClN2O3. The SMILES string of the molecule is Cc1cccc(CN(C(=O)COc2cccc(Cl)c2)[C@@H](Cc2ccccc2)C(=O)NC2CCCC2)c1. The lowest BCUT2D eigenvalue weighted by molar-refractivity contribution is -0.143. The second-order valence-electron chi connectivity index (χ2n) is 9.45. The predicted octanol–water partition coefficient (Wildman–Crippen LogP) is 5.73. The number of amides is 2. The summed E-state index contributed by atoms with van der Waals surface area (Å²) in [6.07, 6.45) is 4.62. The molecule has 2 amide bonds. The number of rotatable bonds is 10. The highest BCUT2D eigenvalue weighted by atomic mass is 35.5. The van der Waals surface area contributed by atoms with Crippen molar-refractivity contribution in [3.05, 3.63) is 101 Å². The summed E-state index contributed by atoms with van der Waals surface area (Å²) in [5.74, 6) is 0.148. The molecule has 1 N–H and O–H groups in total. The Morgan fingerprint density at radius 2 is 1.69 bits per heavy atom. The average Bonchev–Trinajstić information content (AvgIpc) is 3.38. The second kappa shape index (κ2) is 12.6. The fraction of sp³-hybridized carbons (Fsp3) is 0.333. The van der Waals surface area contributed by atoms with E-state index in [-0.39, 0.29) is 24.5 Å². The standard InChI is InChI=1S/C30H33ClN2O3/c1-22-9-7-12-24(17-22)20-33(29(34)21-36-27-16-8-13-25(31)19-27)28(18-23-10-3-2-4-11-23)30(35)32-26-14-5-6-15-26/h2-4,7-13,16-17,19,26,28H,5-6,14-15,18,20-21H2,1H3,(H,32,35)/t28-/m0/s1. The summed E-state index contributed by atoms with van der Waals surface area (Å²) in [5, 5.41) is 3.76. The van der Waals surface area contributed by atoms with Crippen LogP contribution in [0.5, 0.6) is 5.75 Å². The molecule has 3 aromatic rings. The number of hydrogen-bond acceptors (Lipinski definition) is 3. The molecule has 0 aliphatic heterocycles. The highest BCUT2D eigenvalue weighted by Gasteiger charge is 2.32. The molecule has 0 heterocycles. The molecule has 3 aromatic carbocycles. The molecule has 0 spiro atoms. The molecule has 0 unspecified atom stereocenters. The molecule has 1 fully saturated rings. The molecule has 6 heteroatoms. The van der Waals surface area contributed by atoms with Gasteiger partial charge in [-0.05, 0) is 49.1 Å². The Balaban J connectivity index is 1.61. The van der Waals surface area contributed by atoms with Gasteiger partial charge in [-0.15, -0.1) is 0 Å². The second-order valence-corrected chi connectivity index (χ2v) is 9.89. The topological polar surface area (TPSA) is 58.6 Å². The zero-order valence-electron chi connectivity index (χ0n) is 20.7. The van der Waals surface area contributed by atoms with E-state index < -0.39 is 6.04 Å². The van der Waals surface area contributed by atoms with Gasteiger partial charge in [0, 0.05) is 24.0 Å². The van der Waals surface area contributed by atoms with Crippen LogP contribution in [0.2, 0.25) is 5.02 Å². The molecular weight excluding hydrogens is 472 g/mol. The van der Waals surface area contributed by atoms with E-state index in [0.717, 1.165) is 42.4 Å². The highest BCUT2D eigenvalue weighted by Crippen LogP contribution is 2.21. The molecule has 0 radical (unpaired) electrons. The van der Waals surface area contributed by atoms with Gasteiger partial charge in [0.2, 0.25) is 5.91 Å². The summed E-state index contributed by atoms with van der Waals surface area (Å²) >= 11 is 6.08. The first kappa shape index (κ1) is 25.8. The van der Waals surface area contributed by atoms with Gasteiger partial charge in [0.1, 0.15) is 11.8 Å². The minimum atomic E-state index is -0.663. The Morgan fingerprint density at radius 1 is 0.972 bits per heavy atom. The zero-order chi connectivity index (χ0) is 25.3. The van der Waals surface area contributed by atoms with Crippen LogP contribution in [-0.4, -0.2) is 35.4 Å². The van der Waals surface area contributed by atoms with Crippen LogP contribution >= 0.6 is 11.6 Å². The molecule has 188 valence electrons. The molecule has 5 nitrogen and oxygen atoms in total. The maximum Gasteiger partial charge on any atom is 0.261 e. The Morgan fingerprint density at radius 3 is 2.42 bits per heavy atom. The molecule has 0 saturated heterocycles. The number of nitrogens with zero attached hydrogens (tertiary/aromatic N) is 1. The van der Waals surface area contributed by atoms with Crippen molar-refractivity contribution in [3.8, 4) is 5.75 Å². The molecule has 0 aromatic heterocycles. The van der Waals surface area contributed by atoms with Gasteiger partial charge in [-0.2, -0.15) is 0 Å². The summed E-state index contributed by atoms with van der Waals surface area (Å²) in [5.41, 5.74) is 3.07. The van der Waals surface area contributed by atoms with Crippen molar-refractivity contribution in [2.24, 2.45) is 0 Å². The molecule has 1 aliphatic carbocycles. The lowest BCUT2D eigenvalue weighted by Crippen LogP contribution is -2.53. The third kappa shape index (κ3) is 7.34. The lowest BCUT2D eigenvalue weighted by atomic mass is 10.0. The van der Waals surface area contributed by atoms with Crippen molar-refractivity contribution >= 4 is 23.4 Å². The first-order chi connectivity index (χ1) is 17.5. The number of aryl methyl sites for hydroxylation is 1. The monoisotopic (exact) mass is 504 g/mol. The smallest absolute Gasteiger partial charge is 0.261 e. The number of nitrogens with one attached hydrogen (secondary N) is 1. The van der Waals surface area contributed by atoms with Crippen molar-refractivity contribution < 1.29 is 14.3 Å². The Bertz CT molecular complexity index is 1160. The van der Waals surface area contributed by atoms with Crippen molar-refractivity contribution in [1.29, 1.82) is 0 Å². The molecule has 0 bridgehead atoms. The maximum atomic E-state index is 13.7. The van der Waals surface area contributed by atoms with E-state index in [2.05, 4.69) is 5.32 Å². The Labute approximate surface area is 218 Å². The Hall–Kier alpha value is -3.31. The van der Waals surface area contributed by atoms with Gasteiger partial charge in [-0.25, -0.2) is 0 Å². The van der Waals surface area contributed by atoms with Gasteiger partial charge in [-0.3, -0.25) is 9.59 Å². The largest absolute Gasteiger partial charge is 0.484 e. The Kier molecular flexibility index (Phi) is 9.01. The molecule has 4 rings (SSSR count). The normalized spacial score (nSPS) is 14.3. The van der Waals surface area contributed by atoms with Gasteiger partial charge in [0.05, 0.1) is 0 Å². The van der Waals surface area contributed by atoms with E-state index in [4.69, 9.17) is 16.3 Å². The van der Waals surface area contributed by atoms with Gasteiger partial charge in [0.15, 0.2) is 6.61 Å². The van der Waals surface area contributed by atoms with Crippen LogP contribution in [0.1, 0.15) is 42.4 Å². The van der Waals surface area contributed by atoms with Gasteiger partial charge in [-0.1, -0.05) is 90.7 Å². The van der Waals surface area contributed by atoms with Crippen LogP contribution < -0.4 is 10.1 Å². The van der Waals surface area contributed by atoms with E-state index in [1.807, 2.05) is 61.5 Å². The van der Waals surface area contributed by atoms with E-state index >= 15 is 0 Å². The van der Waals surface area contributed by atoms with Crippen LogP contribution in [0.25, 0.3) is 0 Å². The van der Waals surface area contributed by atoms with E-state index in [9.17, 15) is 9.59 Å². The van der Waals surface area contributed by atoms with E-state index in [1.165, 1.54) is 0 Å².